The molecule has 0 spiro atoms. The second-order valence-electron chi connectivity index (χ2n) is 5.43. The van der Waals surface area contributed by atoms with Gasteiger partial charge in [0.1, 0.15) is 0 Å². The molecule has 0 radical (unpaired) electrons. The van der Waals surface area contributed by atoms with Gasteiger partial charge in [0.15, 0.2) is 0 Å². The molecule has 1 fully saturated rings. The topological polar surface area (TPSA) is 55.1 Å². The summed E-state index contributed by atoms with van der Waals surface area (Å²) in [5.41, 5.74) is 8.71. The zero-order chi connectivity index (χ0) is 14.8. The van der Waals surface area contributed by atoms with Crippen molar-refractivity contribution in [1.82, 2.24) is 5.32 Å². The van der Waals surface area contributed by atoms with Gasteiger partial charge in [-0.25, -0.2) is 0 Å². The van der Waals surface area contributed by atoms with E-state index in [1.165, 1.54) is 5.56 Å². The van der Waals surface area contributed by atoms with E-state index >= 15 is 0 Å². The molecule has 0 aliphatic heterocycles. The number of primary amides is 1. The number of carbonyl (C=O) groups is 1. The third-order valence-electron chi connectivity index (χ3n) is 3.83. The average molecular weight is 301 g/mol. The van der Waals surface area contributed by atoms with Crippen LogP contribution in [0.25, 0.3) is 11.1 Å². The number of nitrogens with two attached hydrogens (primary N) is 1. The molecule has 2 atom stereocenters. The van der Waals surface area contributed by atoms with Crippen molar-refractivity contribution < 1.29 is 4.79 Å². The molecule has 2 aromatic carbocycles. The highest BCUT2D eigenvalue weighted by molar-refractivity contribution is 6.30. The molecule has 1 amide bonds. The first-order valence-corrected chi connectivity index (χ1v) is 7.39. The van der Waals surface area contributed by atoms with Gasteiger partial charge in [0.05, 0.1) is 6.54 Å². The van der Waals surface area contributed by atoms with Gasteiger partial charge < -0.3 is 11.1 Å². The number of hydrogen-bond acceptors (Lipinski definition) is 2. The summed E-state index contributed by atoms with van der Waals surface area (Å²) >= 11 is 6.02. The van der Waals surface area contributed by atoms with Crippen molar-refractivity contribution >= 4 is 17.5 Å². The molecule has 1 saturated carbocycles. The number of rotatable bonds is 5. The molecular formula is C17H17ClN2O. The van der Waals surface area contributed by atoms with Crippen molar-refractivity contribution in [2.45, 2.75) is 18.4 Å². The van der Waals surface area contributed by atoms with Gasteiger partial charge in [-0.05, 0) is 35.2 Å². The van der Waals surface area contributed by atoms with Crippen molar-refractivity contribution in [2.75, 3.05) is 6.54 Å². The summed E-state index contributed by atoms with van der Waals surface area (Å²) in [5, 5.41) is 3.91. The normalized spacial score (nSPS) is 20.2. The summed E-state index contributed by atoms with van der Waals surface area (Å²) in [6.07, 6.45) is 1.06. The van der Waals surface area contributed by atoms with Gasteiger partial charge in [0.25, 0.3) is 0 Å². The smallest absolute Gasteiger partial charge is 0.231 e. The van der Waals surface area contributed by atoms with Crippen LogP contribution < -0.4 is 11.1 Å². The SMILES string of the molecule is NC(=O)CN[C@@H]1C[C@H]1c1ccc(-c2cccc(Cl)c2)cc1. The molecule has 0 heterocycles. The van der Waals surface area contributed by atoms with Crippen molar-refractivity contribution in [3.63, 3.8) is 0 Å². The van der Waals surface area contributed by atoms with E-state index in [0.29, 0.717) is 12.0 Å². The Morgan fingerprint density at radius 1 is 1.19 bits per heavy atom. The van der Waals surface area contributed by atoms with E-state index < -0.39 is 0 Å². The van der Waals surface area contributed by atoms with Crippen molar-refractivity contribution in [2.24, 2.45) is 5.73 Å². The maximum Gasteiger partial charge on any atom is 0.231 e. The van der Waals surface area contributed by atoms with Crippen molar-refractivity contribution in [1.29, 1.82) is 0 Å². The summed E-state index contributed by atoms with van der Waals surface area (Å²) in [6, 6.07) is 16.7. The molecule has 2 aromatic rings. The minimum Gasteiger partial charge on any atom is -0.369 e. The van der Waals surface area contributed by atoms with Crippen LogP contribution in [0.3, 0.4) is 0 Å². The summed E-state index contributed by atoms with van der Waals surface area (Å²) in [5.74, 6) is 0.176. The highest BCUT2D eigenvalue weighted by Gasteiger charge is 2.37. The molecule has 21 heavy (non-hydrogen) atoms. The molecule has 1 aliphatic rings. The second kappa shape index (κ2) is 5.88. The predicted molar refractivity (Wildman–Crippen MR) is 85.2 cm³/mol. The molecule has 4 heteroatoms. The molecule has 3 N–H and O–H groups in total. The molecule has 3 nitrogen and oxygen atoms in total. The number of benzene rings is 2. The highest BCUT2D eigenvalue weighted by Crippen LogP contribution is 2.41. The first-order valence-electron chi connectivity index (χ1n) is 7.01. The van der Waals surface area contributed by atoms with E-state index in [9.17, 15) is 4.79 Å². The fourth-order valence-electron chi connectivity index (χ4n) is 2.61. The largest absolute Gasteiger partial charge is 0.369 e. The zero-order valence-corrected chi connectivity index (χ0v) is 12.3. The monoisotopic (exact) mass is 300 g/mol. The van der Waals surface area contributed by atoms with Crippen LogP contribution in [0.4, 0.5) is 0 Å². The van der Waals surface area contributed by atoms with Gasteiger partial charge in [-0.1, -0.05) is 48.0 Å². The first kappa shape index (κ1) is 14.1. The summed E-state index contributed by atoms with van der Waals surface area (Å²) in [4.78, 5) is 10.8. The fourth-order valence-corrected chi connectivity index (χ4v) is 2.80. The summed E-state index contributed by atoms with van der Waals surface area (Å²) < 4.78 is 0. The quantitative estimate of drug-likeness (QED) is 0.892. The van der Waals surface area contributed by atoms with Crippen molar-refractivity contribution in [3.8, 4) is 11.1 Å². The minimum absolute atomic E-state index is 0.252. The molecule has 0 saturated heterocycles. The third kappa shape index (κ3) is 3.43. The average Bonchev–Trinajstić information content (AvgIpc) is 3.25. The predicted octanol–water partition coefficient (Wildman–Crippen LogP) is 2.94. The Hall–Kier alpha value is -1.84. The molecule has 0 aromatic heterocycles. The first-order chi connectivity index (χ1) is 10.1. The van der Waals surface area contributed by atoms with Crippen LogP contribution in [0.15, 0.2) is 48.5 Å². The van der Waals surface area contributed by atoms with Crippen LogP contribution in [0.5, 0.6) is 0 Å². The van der Waals surface area contributed by atoms with E-state index in [1.807, 2.05) is 18.2 Å². The molecule has 3 rings (SSSR count). The Morgan fingerprint density at radius 2 is 1.95 bits per heavy atom. The van der Waals surface area contributed by atoms with Crippen LogP contribution in [0.1, 0.15) is 17.9 Å². The molecule has 1 aliphatic carbocycles. The van der Waals surface area contributed by atoms with Gasteiger partial charge >= 0.3 is 0 Å². The minimum atomic E-state index is -0.308. The van der Waals surface area contributed by atoms with E-state index in [-0.39, 0.29) is 12.5 Å². The maximum atomic E-state index is 10.8. The Balaban J connectivity index is 1.67. The van der Waals surface area contributed by atoms with E-state index in [2.05, 4.69) is 35.6 Å². The Labute approximate surface area is 129 Å². The van der Waals surface area contributed by atoms with E-state index in [4.69, 9.17) is 17.3 Å². The second-order valence-corrected chi connectivity index (χ2v) is 5.86. The lowest BCUT2D eigenvalue weighted by molar-refractivity contribution is -0.117. The molecular weight excluding hydrogens is 284 g/mol. The number of halogens is 1. The molecule has 108 valence electrons. The van der Waals surface area contributed by atoms with Crippen molar-refractivity contribution in [3.05, 3.63) is 59.1 Å². The third-order valence-corrected chi connectivity index (χ3v) is 4.06. The van der Waals surface area contributed by atoms with Crippen LogP contribution in [0, 0.1) is 0 Å². The van der Waals surface area contributed by atoms with Crippen LogP contribution in [-0.2, 0) is 4.79 Å². The van der Waals surface area contributed by atoms with Crippen LogP contribution in [-0.4, -0.2) is 18.5 Å². The van der Waals surface area contributed by atoms with Gasteiger partial charge in [-0.2, -0.15) is 0 Å². The van der Waals surface area contributed by atoms with Gasteiger partial charge in [0, 0.05) is 17.0 Å². The lowest BCUT2D eigenvalue weighted by atomic mass is 10.0. The number of carbonyl (C=O) groups excluding carboxylic acids is 1. The van der Waals surface area contributed by atoms with E-state index in [1.54, 1.807) is 0 Å². The molecule has 0 unspecified atom stereocenters. The molecule has 0 bridgehead atoms. The summed E-state index contributed by atoms with van der Waals surface area (Å²) in [6.45, 7) is 0.252. The fraction of sp³-hybridized carbons (Fsp3) is 0.235. The number of amides is 1. The van der Waals surface area contributed by atoms with Gasteiger partial charge in [0.2, 0.25) is 5.91 Å². The standard InChI is InChI=1S/C17H17ClN2O/c18-14-3-1-2-13(8-14)11-4-6-12(7-5-11)15-9-16(15)20-10-17(19)21/h1-8,15-16,20H,9-10H2,(H2,19,21)/t15-,16+/m0/s1. The summed E-state index contributed by atoms with van der Waals surface area (Å²) in [7, 11) is 0. The Bertz CT molecular complexity index is 654. The van der Waals surface area contributed by atoms with Crippen LogP contribution >= 0.6 is 11.6 Å². The zero-order valence-electron chi connectivity index (χ0n) is 11.6. The van der Waals surface area contributed by atoms with Gasteiger partial charge in [-0.15, -0.1) is 0 Å². The number of nitrogens with one attached hydrogen (secondary N) is 1. The lowest BCUT2D eigenvalue weighted by Crippen LogP contribution is -2.30. The Morgan fingerprint density at radius 3 is 2.62 bits per heavy atom. The van der Waals surface area contributed by atoms with Crippen LogP contribution in [0.2, 0.25) is 5.02 Å². The lowest BCUT2D eigenvalue weighted by Gasteiger charge is -2.05. The highest BCUT2D eigenvalue weighted by atomic mass is 35.5. The van der Waals surface area contributed by atoms with E-state index in [0.717, 1.165) is 22.6 Å². The maximum absolute atomic E-state index is 10.8. The van der Waals surface area contributed by atoms with Gasteiger partial charge in [-0.3, -0.25) is 4.79 Å². The Kier molecular flexibility index (Phi) is 3.95. The number of hydrogen-bond donors (Lipinski definition) is 2.